The van der Waals surface area contributed by atoms with E-state index in [9.17, 15) is 4.79 Å². The van der Waals surface area contributed by atoms with Crippen molar-refractivity contribution in [3.05, 3.63) is 0 Å². The summed E-state index contributed by atoms with van der Waals surface area (Å²) in [6, 6.07) is 0.0650. The van der Waals surface area contributed by atoms with Crippen molar-refractivity contribution in [2.24, 2.45) is 0 Å². The number of carbonyl (C=O) groups is 1. The predicted octanol–water partition coefficient (Wildman–Crippen LogP) is 0.683. The summed E-state index contributed by atoms with van der Waals surface area (Å²) in [5.41, 5.74) is 0. The highest BCUT2D eigenvalue weighted by Crippen LogP contribution is 2.13. The first-order valence-electron chi connectivity index (χ1n) is 7.02. The Bertz CT molecular complexity index is 243. The van der Waals surface area contributed by atoms with Crippen LogP contribution in [0.2, 0.25) is 0 Å². The Hall–Kier alpha value is -0.610. The van der Waals surface area contributed by atoms with Crippen molar-refractivity contribution in [1.82, 2.24) is 15.1 Å². The average molecular weight is 239 g/mol. The first-order valence-corrected chi connectivity index (χ1v) is 7.02. The van der Waals surface area contributed by atoms with Crippen molar-refractivity contribution in [3.8, 4) is 0 Å². The van der Waals surface area contributed by atoms with Crippen molar-refractivity contribution < 1.29 is 4.79 Å². The second kappa shape index (κ2) is 6.36. The van der Waals surface area contributed by atoms with Gasteiger partial charge in [-0.05, 0) is 19.8 Å². The zero-order valence-electron chi connectivity index (χ0n) is 11.0. The van der Waals surface area contributed by atoms with E-state index in [4.69, 9.17) is 0 Å². The van der Waals surface area contributed by atoms with Gasteiger partial charge in [-0.25, -0.2) is 0 Å². The molecule has 4 nitrogen and oxygen atoms in total. The summed E-state index contributed by atoms with van der Waals surface area (Å²) >= 11 is 0. The van der Waals surface area contributed by atoms with E-state index in [1.54, 1.807) is 0 Å². The number of nitrogens with zero attached hydrogens (tertiary/aromatic N) is 2. The molecule has 1 atom stereocenters. The molecule has 2 aliphatic rings. The molecule has 4 heteroatoms. The Kier molecular flexibility index (Phi) is 4.80. The van der Waals surface area contributed by atoms with Gasteiger partial charge in [-0.2, -0.15) is 0 Å². The first kappa shape index (κ1) is 12.8. The number of carbonyl (C=O) groups excluding carboxylic acids is 1. The second-order valence-corrected chi connectivity index (χ2v) is 5.20. The molecule has 1 N–H and O–H groups in total. The Balaban J connectivity index is 1.88. The third-order valence-electron chi connectivity index (χ3n) is 3.97. The second-order valence-electron chi connectivity index (χ2n) is 5.20. The highest BCUT2D eigenvalue weighted by Gasteiger charge is 2.26. The zero-order valence-corrected chi connectivity index (χ0v) is 11.0. The Morgan fingerprint density at radius 3 is 2.18 bits per heavy atom. The van der Waals surface area contributed by atoms with E-state index in [2.05, 4.69) is 22.0 Å². The molecule has 98 valence electrons. The van der Waals surface area contributed by atoms with Crippen LogP contribution in [0.5, 0.6) is 0 Å². The SMILES string of the molecule is C[C@@H](C(=O)N1CCCCCC1)N1CCNCC1. The smallest absolute Gasteiger partial charge is 0.239 e. The fraction of sp³-hybridized carbons (Fsp3) is 0.923. The highest BCUT2D eigenvalue weighted by molar-refractivity contribution is 5.81. The average Bonchev–Trinajstić information content (AvgIpc) is 2.67. The van der Waals surface area contributed by atoms with Crippen LogP contribution in [-0.4, -0.2) is 61.0 Å². The molecule has 0 unspecified atom stereocenters. The summed E-state index contributed by atoms with van der Waals surface area (Å²) < 4.78 is 0. The van der Waals surface area contributed by atoms with Crippen molar-refractivity contribution in [2.75, 3.05) is 39.3 Å². The van der Waals surface area contributed by atoms with Gasteiger partial charge in [-0.3, -0.25) is 9.69 Å². The first-order chi connectivity index (χ1) is 8.29. The molecule has 2 heterocycles. The van der Waals surface area contributed by atoms with Gasteiger partial charge < -0.3 is 10.2 Å². The molecular formula is C13H25N3O. The van der Waals surface area contributed by atoms with Gasteiger partial charge in [0, 0.05) is 39.3 Å². The lowest BCUT2D eigenvalue weighted by atomic mass is 10.2. The van der Waals surface area contributed by atoms with Gasteiger partial charge in [0.15, 0.2) is 0 Å². The van der Waals surface area contributed by atoms with Crippen molar-refractivity contribution in [1.29, 1.82) is 0 Å². The van der Waals surface area contributed by atoms with Gasteiger partial charge in [0.25, 0.3) is 0 Å². The number of nitrogens with one attached hydrogen (secondary N) is 1. The van der Waals surface area contributed by atoms with Gasteiger partial charge in [0.05, 0.1) is 6.04 Å². The number of likely N-dealkylation sites (tertiary alicyclic amines) is 1. The summed E-state index contributed by atoms with van der Waals surface area (Å²) in [5, 5.41) is 3.33. The van der Waals surface area contributed by atoms with Gasteiger partial charge >= 0.3 is 0 Å². The minimum atomic E-state index is 0.0650. The molecule has 2 rings (SSSR count). The molecule has 0 saturated carbocycles. The number of hydrogen-bond acceptors (Lipinski definition) is 3. The fourth-order valence-electron chi connectivity index (χ4n) is 2.78. The van der Waals surface area contributed by atoms with Gasteiger partial charge in [-0.1, -0.05) is 12.8 Å². The molecular weight excluding hydrogens is 214 g/mol. The van der Waals surface area contributed by atoms with Crippen LogP contribution in [0.15, 0.2) is 0 Å². The topological polar surface area (TPSA) is 35.6 Å². The zero-order chi connectivity index (χ0) is 12.1. The Morgan fingerprint density at radius 1 is 1.00 bits per heavy atom. The lowest BCUT2D eigenvalue weighted by Crippen LogP contribution is -2.53. The molecule has 17 heavy (non-hydrogen) atoms. The third kappa shape index (κ3) is 3.42. The molecule has 2 saturated heterocycles. The third-order valence-corrected chi connectivity index (χ3v) is 3.97. The van der Waals surface area contributed by atoms with Crippen LogP contribution in [0.3, 0.4) is 0 Å². The Labute approximate surface area is 104 Å². The van der Waals surface area contributed by atoms with E-state index in [0.717, 1.165) is 39.3 Å². The minimum Gasteiger partial charge on any atom is -0.341 e. The van der Waals surface area contributed by atoms with Crippen LogP contribution in [0, 0.1) is 0 Å². The van der Waals surface area contributed by atoms with E-state index in [0.29, 0.717) is 5.91 Å². The predicted molar refractivity (Wildman–Crippen MR) is 69.0 cm³/mol. The number of hydrogen-bond donors (Lipinski definition) is 1. The van der Waals surface area contributed by atoms with Gasteiger partial charge in [0.1, 0.15) is 0 Å². The van der Waals surface area contributed by atoms with Crippen LogP contribution in [0.25, 0.3) is 0 Å². The maximum atomic E-state index is 12.4. The lowest BCUT2D eigenvalue weighted by Gasteiger charge is -2.34. The molecule has 0 spiro atoms. The normalized spacial score (nSPS) is 25.4. The number of rotatable bonds is 2. The molecule has 0 bridgehead atoms. The van der Waals surface area contributed by atoms with Crippen LogP contribution in [-0.2, 0) is 4.79 Å². The molecule has 1 amide bonds. The number of amides is 1. The number of piperazine rings is 1. The van der Waals surface area contributed by atoms with E-state index in [1.165, 1.54) is 25.7 Å². The summed E-state index contributed by atoms with van der Waals surface area (Å²) in [7, 11) is 0. The maximum Gasteiger partial charge on any atom is 0.239 e. The van der Waals surface area contributed by atoms with Crippen molar-refractivity contribution in [2.45, 2.75) is 38.6 Å². The van der Waals surface area contributed by atoms with Crippen molar-refractivity contribution >= 4 is 5.91 Å². The molecule has 0 aromatic carbocycles. The highest BCUT2D eigenvalue weighted by atomic mass is 16.2. The minimum absolute atomic E-state index is 0.0650. The summed E-state index contributed by atoms with van der Waals surface area (Å²) in [4.78, 5) is 16.8. The van der Waals surface area contributed by atoms with Crippen LogP contribution >= 0.6 is 0 Å². The van der Waals surface area contributed by atoms with Crippen molar-refractivity contribution in [3.63, 3.8) is 0 Å². The van der Waals surface area contributed by atoms with Gasteiger partial charge in [-0.15, -0.1) is 0 Å². The fourth-order valence-corrected chi connectivity index (χ4v) is 2.78. The lowest BCUT2D eigenvalue weighted by molar-refractivity contribution is -0.136. The standard InChI is InChI=1S/C13H25N3O/c1-12(15-10-6-14-7-11-15)13(17)16-8-4-2-3-5-9-16/h12,14H,2-11H2,1H3/t12-/m0/s1. The Morgan fingerprint density at radius 2 is 1.59 bits per heavy atom. The summed E-state index contributed by atoms with van der Waals surface area (Å²) in [6.45, 7) is 8.03. The monoisotopic (exact) mass is 239 g/mol. The molecule has 0 aromatic heterocycles. The van der Waals surface area contributed by atoms with E-state index in [1.807, 2.05) is 0 Å². The molecule has 2 aliphatic heterocycles. The quantitative estimate of drug-likeness (QED) is 0.770. The van der Waals surface area contributed by atoms with Crippen LogP contribution in [0.1, 0.15) is 32.6 Å². The molecule has 0 radical (unpaired) electrons. The summed E-state index contributed by atoms with van der Waals surface area (Å²) in [5.74, 6) is 0.341. The molecule has 0 aromatic rings. The van der Waals surface area contributed by atoms with E-state index >= 15 is 0 Å². The van der Waals surface area contributed by atoms with E-state index in [-0.39, 0.29) is 6.04 Å². The largest absolute Gasteiger partial charge is 0.341 e. The van der Waals surface area contributed by atoms with Gasteiger partial charge in [0.2, 0.25) is 5.91 Å². The molecule has 2 fully saturated rings. The van der Waals surface area contributed by atoms with Crippen LogP contribution < -0.4 is 5.32 Å². The van der Waals surface area contributed by atoms with Crippen LogP contribution in [0.4, 0.5) is 0 Å². The summed E-state index contributed by atoms with van der Waals surface area (Å²) in [6.07, 6.45) is 4.93. The maximum absolute atomic E-state index is 12.4. The van der Waals surface area contributed by atoms with E-state index < -0.39 is 0 Å². The molecule has 0 aliphatic carbocycles.